The van der Waals surface area contributed by atoms with Gasteiger partial charge in [-0.3, -0.25) is 30.6 Å². The molecule has 4 N–H and O–H groups in total. The Labute approximate surface area is 200 Å². The third kappa shape index (κ3) is 8.64. The fourth-order valence-corrected chi connectivity index (χ4v) is 3.31. The van der Waals surface area contributed by atoms with Crippen molar-refractivity contribution in [2.45, 2.75) is 27.2 Å². The quantitative estimate of drug-likeness (QED) is 0.329. The second-order valence-electron chi connectivity index (χ2n) is 7.40. The molecule has 0 saturated carbocycles. The van der Waals surface area contributed by atoms with Gasteiger partial charge in [0.2, 0.25) is 5.91 Å². The first kappa shape index (κ1) is 25.3. The third-order valence-corrected chi connectivity index (χ3v) is 4.84. The number of hydrogen-bond acceptors (Lipinski definition) is 5. The van der Waals surface area contributed by atoms with Crippen LogP contribution in [0.1, 0.15) is 36.2 Å². The molecule has 0 aliphatic heterocycles. The molecule has 0 atom stereocenters. The van der Waals surface area contributed by atoms with E-state index in [1.165, 1.54) is 0 Å². The molecule has 2 aromatic carbocycles. The van der Waals surface area contributed by atoms with Crippen molar-refractivity contribution < 1.29 is 19.1 Å². The lowest BCUT2D eigenvalue weighted by atomic mass is 10.1. The van der Waals surface area contributed by atoms with Crippen LogP contribution in [-0.4, -0.2) is 29.4 Å². The number of amides is 3. The minimum Gasteiger partial charge on any atom is -0.483 e. The van der Waals surface area contributed by atoms with Gasteiger partial charge in [0.1, 0.15) is 5.75 Å². The molecule has 10 heteroatoms. The summed E-state index contributed by atoms with van der Waals surface area (Å²) < 4.78 is 6.19. The van der Waals surface area contributed by atoms with Crippen molar-refractivity contribution in [3.8, 4) is 5.75 Å². The number of hydrazine groups is 1. The number of thiocarbonyl (C=S) groups is 1. The molecular weight excluding hydrogens is 496 g/mol. The highest BCUT2D eigenvalue weighted by Crippen LogP contribution is 2.25. The van der Waals surface area contributed by atoms with Crippen molar-refractivity contribution in [1.29, 1.82) is 0 Å². The van der Waals surface area contributed by atoms with Crippen molar-refractivity contribution in [3.63, 3.8) is 0 Å². The highest BCUT2D eigenvalue weighted by molar-refractivity contribution is 9.10. The van der Waals surface area contributed by atoms with Crippen LogP contribution >= 0.6 is 28.1 Å². The summed E-state index contributed by atoms with van der Waals surface area (Å²) in [6.45, 7) is 5.62. The Kier molecular flexibility index (Phi) is 9.61. The number of halogens is 1. The van der Waals surface area contributed by atoms with Gasteiger partial charge < -0.3 is 10.1 Å². The van der Waals surface area contributed by atoms with Crippen molar-refractivity contribution in [1.82, 2.24) is 16.2 Å². The van der Waals surface area contributed by atoms with E-state index in [2.05, 4.69) is 37.4 Å². The zero-order chi connectivity index (χ0) is 23.7. The summed E-state index contributed by atoms with van der Waals surface area (Å²) in [5.74, 6) is -0.237. The number of ether oxygens (including phenoxy) is 1. The minimum atomic E-state index is -0.481. The van der Waals surface area contributed by atoms with Gasteiger partial charge in [-0.15, -0.1) is 0 Å². The van der Waals surface area contributed by atoms with Gasteiger partial charge in [-0.25, -0.2) is 0 Å². The maximum atomic E-state index is 12.2. The molecule has 0 heterocycles. The van der Waals surface area contributed by atoms with Crippen LogP contribution in [0.25, 0.3) is 0 Å². The van der Waals surface area contributed by atoms with E-state index in [0.29, 0.717) is 23.4 Å². The molecule has 0 aliphatic rings. The number of hydrogen-bond donors (Lipinski definition) is 4. The average Bonchev–Trinajstić information content (AvgIpc) is 2.71. The topological polar surface area (TPSA) is 109 Å². The van der Waals surface area contributed by atoms with Gasteiger partial charge in [-0.2, -0.15) is 0 Å². The predicted octanol–water partition coefficient (Wildman–Crippen LogP) is 3.46. The molecule has 2 rings (SSSR count). The highest BCUT2D eigenvalue weighted by Gasteiger charge is 2.11. The maximum Gasteiger partial charge on any atom is 0.269 e. The first-order valence-corrected chi connectivity index (χ1v) is 11.0. The van der Waals surface area contributed by atoms with Crippen LogP contribution in [0.5, 0.6) is 5.75 Å². The van der Waals surface area contributed by atoms with Crippen LogP contribution in [0.3, 0.4) is 0 Å². The number of aryl methyl sites for hydroxylation is 1. The zero-order valence-corrected chi connectivity index (χ0v) is 20.4. The minimum absolute atomic E-state index is 0.0764. The lowest BCUT2D eigenvalue weighted by Gasteiger charge is -2.12. The maximum absolute atomic E-state index is 12.2. The molecular formula is C22H25BrN4O4S. The Hall–Kier alpha value is -2.98. The number of anilines is 1. The molecule has 0 aliphatic carbocycles. The number of carbonyl (C=O) groups is 3. The van der Waals surface area contributed by atoms with E-state index in [9.17, 15) is 14.4 Å². The monoisotopic (exact) mass is 520 g/mol. The Bertz CT molecular complexity index is 996. The van der Waals surface area contributed by atoms with Crippen LogP contribution in [0.4, 0.5) is 5.69 Å². The smallest absolute Gasteiger partial charge is 0.269 e. The Morgan fingerprint density at radius 3 is 2.34 bits per heavy atom. The van der Waals surface area contributed by atoms with Crippen molar-refractivity contribution in [2.75, 3.05) is 11.9 Å². The number of benzene rings is 2. The molecule has 0 unspecified atom stereocenters. The first-order valence-electron chi connectivity index (χ1n) is 9.83. The van der Waals surface area contributed by atoms with Gasteiger partial charge in [0.05, 0.1) is 4.47 Å². The number of rotatable bonds is 7. The van der Waals surface area contributed by atoms with Crippen molar-refractivity contribution in [2.24, 2.45) is 5.92 Å². The fraction of sp³-hybridized carbons (Fsp3) is 0.273. The van der Waals surface area contributed by atoms with Crippen LogP contribution < -0.4 is 26.2 Å². The SMILES string of the molecule is Cc1ccc(OCC(=O)NC(=S)NNC(=O)c2ccc(NC(=O)CC(C)C)cc2)c(Br)c1. The first-order chi connectivity index (χ1) is 15.1. The van der Waals surface area contributed by atoms with Gasteiger partial charge >= 0.3 is 0 Å². The van der Waals surface area contributed by atoms with Crippen molar-refractivity contribution >= 4 is 56.7 Å². The predicted molar refractivity (Wildman–Crippen MR) is 130 cm³/mol. The fourth-order valence-electron chi connectivity index (χ4n) is 2.53. The van der Waals surface area contributed by atoms with E-state index >= 15 is 0 Å². The van der Waals surface area contributed by atoms with Gasteiger partial charge in [-0.05, 0) is 83.0 Å². The number of nitrogens with one attached hydrogen (secondary N) is 4. The largest absolute Gasteiger partial charge is 0.483 e. The Morgan fingerprint density at radius 2 is 1.72 bits per heavy atom. The van der Waals surface area contributed by atoms with Gasteiger partial charge in [0.15, 0.2) is 11.7 Å². The molecule has 8 nitrogen and oxygen atoms in total. The molecule has 170 valence electrons. The van der Waals surface area contributed by atoms with E-state index in [1.807, 2.05) is 32.9 Å². The summed E-state index contributed by atoms with van der Waals surface area (Å²) in [6.07, 6.45) is 0.419. The summed E-state index contributed by atoms with van der Waals surface area (Å²) in [4.78, 5) is 36.0. The molecule has 32 heavy (non-hydrogen) atoms. The zero-order valence-electron chi connectivity index (χ0n) is 18.0. The summed E-state index contributed by atoms with van der Waals surface area (Å²) in [7, 11) is 0. The van der Waals surface area contributed by atoms with Crippen LogP contribution in [0.15, 0.2) is 46.9 Å². The molecule has 0 bridgehead atoms. The molecule has 0 saturated heterocycles. The van der Waals surface area contributed by atoms with Gasteiger partial charge in [-0.1, -0.05) is 19.9 Å². The molecule has 2 aromatic rings. The molecule has 0 aromatic heterocycles. The highest BCUT2D eigenvalue weighted by atomic mass is 79.9. The molecule has 0 fully saturated rings. The van der Waals surface area contributed by atoms with E-state index in [1.54, 1.807) is 30.3 Å². The molecule has 3 amide bonds. The average molecular weight is 521 g/mol. The van der Waals surface area contributed by atoms with Crippen molar-refractivity contribution in [3.05, 3.63) is 58.1 Å². The van der Waals surface area contributed by atoms with Crippen LogP contribution in [-0.2, 0) is 9.59 Å². The summed E-state index contributed by atoms with van der Waals surface area (Å²) in [5, 5.41) is 5.11. The summed E-state index contributed by atoms with van der Waals surface area (Å²) in [6, 6.07) is 11.9. The molecule has 0 spiro atoms. The molecule has 0 radical (unpaired) electrons. The van der Waals surface area contributed by atoms with Gasteiger partial charge in [0, 0.05) is 17.7 Å². The normalized spacial score (nSPS) is 10.3. The summed E-state index contributed by atoms with van der Waals surface area (Å²) >= 11 is 8.38. The lowest BCUT2D eigenvalue weighted by Crippen LogP contribution is -2.49. The van der Waals surface area contributed by atoms with Gasteiger partial charge in [0.25, 0.3) is 11.8 Å². The van der Waals surface area contributed by atoms with E-state index in [-0.39, 0.29) is 23.5 Å². The Morgan fingerprint density at radius 1 is 1.03 bits per heavy atom. The van der Waals surface area contributed by atoms with Crippen LogP contribution in [0.2, 0.25) is 0 Å². The van der Waals surface area contributed by atoms with E-state index < -0.39 is 11.8 Å². The summed E-state index contributed by atoms with van der Waals surface area (Å²) in [5.41, 5.74) is 6.87. The Balaban J connectivity index is 1.75. The second-order valence-corrected chi connectivity index (χ2v) is 8.67. The second kappa shape index (κ2) is 12.2. The standard InChI is InChI=1S/C22H25BrN4O4S/c1-13(2)10-19(28)24-16-7-5-15(6-8-16)21(30)26-27-22(32)25-20(29)12-31-18-9-4-14(3)11-17(18)23/h4-9,11,13H,10,12H2,1-3H3,(H,24,28)(H,26,30)(H2,25,27,29,32). The third-order valence-electron chi connectivity index (χ3n) is 4.01. The number of carbonyl (C=O) groups excluding carboxylic acids is 3. The van der Waals surface area contributed by atoms with E-state index in [0.717, 1.165) is 10.0 Å². The van der Waals surface area contributed by atoms with Crippen LogP contribution in [0, 0.1) is 12.8 Å². The van der Waals surface area contributed by atoms with E-state index in [4.69, 9.17) is 17.0 Å². The lowest BCUT2D eigenvalue weighted by molar-refractivity contribution is -0.121.